The second-order valence-electron chi connectivity index (χ2n) is 6.78. The maximum Gasteiger partial charge on any atom is 0.246 e. The van der Waals surface area contributed by atoms with Crippen LogP contribution >= 0.6 is 22.9 Å². The Morgan fingerprint density at radius 1 is 1.26 bits per heavy atom. The quantitative estimate of drug-likeness (QED) is 0.705. The van der Waals surface area contributed by atoms with E-state index in [-0.39, 0.29) is 12.5 Å². The summed E-state index contributed by atoms with van der Waals surface area (Å²) in [7, 11) is 0. The zero-order chi connectivity index (χ0) is 19.0. The average molecular weight is 401 g/mol. The van der Waals surface area contributed by atoms with E-state index in [0.29, 0.717) is 5.02 Å². The van der Waals surface area contributed by atoms with Crippen molar-refractivity contribution in [2.45, 2.75) is 33.4 Å². The Balaban J connectivity index is 1.39. The van der Waals surface area contributed by atoms with E-state index >= 15 is 0 Å². The number of hydrogen-bond acceptors (Lipinski definition) is 4. The minimum atomic E-state index is -0.120. The molecule has 1 aliphatic rings. The van der Waals surface area contributed by atoms with E-state index in [1.54, 1.807) is 4.68 Å². The van der Waals surface area contributed by atoms with Crippen molar-refractivity contribution >= 4 is 40.2 Å². The summed E-state index contributed by atoms with van der Waals surface area (Å²) in [5, 5.41) is 10.0. The van der Waals surface area contributed by atoms with Crippen LogP contribution in [0.25, 0.3) is 0 Å². The van der Waals surface area contributed by atoms with Gasteiger partial charge in [-0.2, -0.15) is 5.10 Å². The molecule has 1 aliphatic heterocycles. The van der Waals surface area contributed by atoms with Crippen LogP contribution in [0.4, 0.5) is 11.4 Å². The Hall–Kier alpha value is -2.31. The van der Waals surface area contributed by atoms with Gasteiger partial charge in [0.15, 0.2) is 0 Å². The fourth-order valence-corrected chi connectivity index (χ4v) is 4.42. The fraction of sp³-hybridized carbons (Fsp3) is 0.300. The van der Waals surface area contributed by atoms with Gasteiger partial charge < -0.3 is 10.2 Å². The first-order valence-corrected chi connectivity index (χ1v) is 10.2. The molecule has 7 heteroatoms. The molecule has 1 N–H and O–H groups in total. The Morgan fingerprint density at radius 3 is 2.74 bits per heavy atom. The Labute approximate surface area is 167 Å². The van der Waals surface area contributed by atoms with E-state index in [1.165, 1.54) is 16.1 Å². The fourth-order valence-electron chi connectivity index (χ4n) is 3.39. The number of hydrogen-bond donors (Lipinski definition) is 1. The van der Waals surface area contributed by atoms with Gasteiger partial charge in [0.05, 0.1) is 16.4 Å². The van der Waals surface area contributed by atoms with Crippen molar-refractivity contribution < 1.29 is 4.79 Å². The molecular formula is C20H21ClN4OS. The van der Waals surface area contributed by atoms with Crippen LogP contribution < -0.4 is 10.2 Å². The summed E-state index contributed by atoms with van der Waals surface area (Å²) in [4.78, 5) is 16.2. The first-order valence-electron chi connectivity index (χ1n) is 8.91. The first kappa shape index (κ1) is 18.1. The molecule has 0 radical (unpaired) electrons. The first-order chi connectivity index (χ1) is 13.0. The molecule has 0 unspecified atom stereocenters. The number of benzene rings is 1. The van der Waals surface area contributed by atoms with Gasteiger partial charge in [0.25, 0.3) is 0 Å². The number of nitrogens with one attached hydrogen (secondary N) is 1. The third kappa shape index (κ3) is 3.73. The molecule has 2 aromatic heterocycles. The van der Waals surface area contributed by atoms with Crippen LogP contribution in [0.5, 0.6) is 0 Å². The zero-order valence-corrected chi connectivity index (χ0v) is 16.9. The largest absolute Gasteiger partial charge is 0.367 e. The van der Waals surface area contributed by atoms with Crippen molar-refractivity contribution in [1.82, 2.24) is 9.78 Å². The lowest BCUT2D eigenvalue weighted by atomic mass is 10.1. The number of nitrogens with zero attached hydrogens (tertiary/aromatic N) is 3. The number of aromatic nitrogens is 2. The van der Waals surface area contributed by atoms with Gasteiger partial charge in [-0.15, -0.1) is 11.3 Å². The number of halogens is 1. The van der Waals surface area contributed by atoms with Crippen molar-refractivity contribution in [1.29, 1.82) is 0 Å². The number of anilines is 2. The summed E-state index contributed by atoms with van der Waals surface area (Å²) in [5.74, 6) is -0.120. The summed E-state index contributed by atoms with van der Waals surface area (Å²) in [6.07, 6.45) is 1.09. The van der Waals surface area contributed by atoms with Crippen LogP contribution in [-0.2, 0) is 24.3 Å². The van der Waals surface area contributed by atoms with Gasteiger partial charge >= 0.3 is 0 Å². The van der Waals surface area contributed by atoms with Gasteiger partial charge in [0.1, 0.15) is 6.54 Å². The van der Waals surface area contributed by atoms with Crippen LogP contribution in [0.3, 0.4) is 0 Å². The summed E-state index contributed by atoms with van der Waals surface area (Å²) in [5.41, 5.74) is 4.92. The highest BCUT2D eigenvalue weighted by atomic mass is 35.5. The molecule has 0 saturated carbocycles. The maximum atomic E-state index is 12.3. The summed E-state index contributed by atoms with van der Waals surface area (Å²) in [6, 6.07) is 10.2. The van der Waals surface area contributed by atoms with Gasteiger partial charge in [-0.1, -0.05) is 11.6 Å². The number of rotatable bonds is 4. The second-order valence-corrected chi connectivity index (χ2v) is 8.16. The minimum Gasteiger partial charge on any atom is -0.367 e. The molecule has 1 amide bonds. The van der Waals surface area contributed by atoms with Gasteiger partial charge in [0.2, 0.25) is 5.91 Å². The Morgan fingerprint density at radius 2 is 2.04 bits per heavy atom. The highest BCUT2D eigenvalue weighted by Crippen LogP contribution is 2.28. The van der Waals surface area contributed by atoms with Crippen molar-refractivity contribution in [3.8, 4) is 0 Å². The lowest BCUT2D eigenvalue weighted by Gasteiger charge is -2.29. The molecule has 0 atom stereocenters. The SMILES string of the molecule is Cc1nn(CC(=O)Nc2ccc(N3CCc4sccc4C3)cc2)c(C)c1Cl. The molecule has 1 aromatic carbocycles. The summed E-state index contributed by atoms with van der Waals surface area (Å²) < 4.78 is 1.63. The predicted octanol–water partition coefficient (Wildman–Crippen LogP) is 4.42. The van der Waals surface area contributed by atoms with Gasteiger partial charge in [-0.25, -0.2) is 0 Å². The molecule has 5 nitrogen and oxygen atoms in total. The Kier molecular flexibility index (Phi) is 4.93. The predicted molar refractivity (Wildman–Crippen MR) is 111 cm³/mol. The molecule has 3 aromatic rings. The maximum absolute atomic E-state index is 12.3. The van der Waals surface area contributed by atoms with E-state index in [2.05, 4.69) is 38.9 Å². The second kappa shape index (κ2) is 7.37. The lowest BCUT2D eigenvalue weighted by molar-refractivity contribution is -0.116. The van der Waals surface area contributed by atoms with E-state index in [0.717, 1.165) is 36.6 Å². The summed E-state index contributed by atoms with van der Waals surface area (Å²) >= 11 is 7.98. The van der Waals surface area contributed by atoms with E-state index in [9.17, 15) is 4.79 Å². The molecule has 0 saturated heterocycles. The molecule has 0 fully saturated rings. The molecule has 3 heterocycles. The summed E-state index contributed by atoms with van der Waals surface area (Å²) in [6.45, 7) is 5.82. The average Bonchev–Trinajstić information content (AvgIpc) is 3.22. The number of carbonyl (C=O) groups excluding carboxylic acids is 1. The molecular weight excluding hydrogens is 380 g/mol. The molecule has 4 rings (SSSR count). The zero-order valence-electron chi connectivity index (χ0n) is 15.3. The molecule has 140 valence electrons. The van der Waals surface area contributed by atoms with Crippen molar-refractivity contribution in [3.05, 3.63) is 62.6 Å². The highest BCUT2D eigenvalue weighted by molar-refractivity contribution is 7.10. The third-order valence-corrected chi connectivity index (χ3v) is 6.48. The van der Waals surface area contributed by atoms with Crippen molar-refractivity contribution in [2.75, 3.05) is 16.8 Å². The van der Waals surface area contributed by atoms with Crippen LogP contribution in [0.2, 0.25) is 5.02 Å². The topological polar surface area (TPSA) is 50.2 Å². The van der Waals surface area contributed by atoms with E-state index < -0.39 is 0 Å². The van der Waals surface area contributed by atoms with Crippen LogP contribution in [0.15, 0.2) is 35.7 Å². The third-order valence-electron chi connectivity index (χ3n) is 4.91. The number of aryl methyl sites for hydroxylation is 1. The number of thiophene rings is 1. The molecule has 0 aliphatic carbocycles. The lowest BCUT2D eigenvalue weighted by Crippen LogP contribution is -2.29. The minimum absolute atomic E-state index is 0.120. The van der Waals surface area contributed by atoms with Crippen molar-refractivity contribution in [3.63, 3.8) is 0 Å². The van der Waals surface area contributed by atoms with E-state index in [1.807, 2.05) is 37.3 Å². The van der Waals surface area contributed by atoms with Gasteiger partial charge in [-0.05, 0) is 61.5 Å². The normalized spacial score (nSPS) is 13.5. The van der Waals surface area contributed by atoms with Crippen LogP contribution in [0, 0.1) is 13.8 Å². The highest BCUT2D eigenvalue weighted by Gasteiger charge is 2.17. The molecule has 0 spiro atoms. The van der Waals surface area contributed by atoms with Crippen molar-refractivity contribution in [2.24, 2.45) is 0 Å². The molecule has 27 heavy (non-hydrogen) atoms. The van der Waals surface area contributed by atoms with E-state index in [4.69, 9.17) is 11.6 Å². The number of carbonyl (C=O) groups is 1. The number of amides is 1. The monoisotopic (exact) mass is 400 g/mol. The van der Waals surface area contributed by atoms with Gasteiger partial charge in [-0.3, -0.25) is 9.48 Å². The van der Waals surface area contributed by atoms with Gasteiger partial charge in [0, 0.05) is 29.3 Å². The standard InChI is InChI=1S/C20H21ClN4OS/c1-13-20(21)14(2)25(23-13)12-19(26)22-16-3-5-17(6-4-16)24-9-7-18-15(11-24)8-10-27-18/h3-6,8,10H,7,9,11-12H2,1-2H3,(H,22,26). The van der Waals surface area contributed by atoms with Crippen LogP contribution in [0.1, 0.15) is 21.8 Å². The Bertz CT molecular complexity index is 977. The number of fused-ring (bicyclic) bond motifs is 1. The molecule has 0 bridgehead atoms. The van der Waals surface area contributed by atoms with Crippen LogP contribution in [-0.4, -0.2) is 22.2 Å². The smallest absolute Gasteiger partial charge is 0.246 e.